The number of nitrogens with two attached hydrogens (primary N) is 1. The molecule has 1 aromatic carbocycles. The summed E-state index contributed by atoms with van der Waals surface area (Å²) < 4.78 is 12.6. The third-order valence-electron chi connectivity index (χ3n) is 5.51. The Morgan fingerprint density at radius 1 is 1.12 bits per heavy atom. The molecule has 0 radical (unpaired) electrons. The van der Waals surface area contributed by atoms with Crippen molar-refractivity contribution in [2.24, 2.45) is 11.7 Å². The number of benzene rings is 1. The van der Waals surface area contributed by atoms with E-state index in [1.807, 2.05) is 24.3 Å². The number of carbonyl (C=O) groups excluding carboxylic acids is 1. The average Bonchev–Trinajstić information content (AvgIpc) is 2.63. The van der Waals surface area contributed by atoms with E-state index >= 15 is 0 Å². The first kappa shape index (κ1) is 18.6. The molecule has 5 heteroatoms. The minimum Gasteiger partial charge on any atom is -0.328 e. The van der Waals surface area contributed by atoms with E-state index < -0.39 is 10.8 Å². The Morgan fingerprint density at radius 2 is 1.92 bits per heavy atom. The monoisotopic (exact) mass is 362 g/mol. The van der Waals surface area contributed by atoms with Gasteiger partial charge in [-0.2, -0.15) is 0 Å². The highest BCUT2D eigenvalue weighted by Crippen LogP contribution is 2.26. The van der Waals surface area contributed by atoms with Gasteiger partial charge in [-0.1, -0.05) is 37.8 Å². The van der Waals surface area contributed by atoms with Crippen LogP contribution in [0.15, 0.2) is 24.3 Å². The minimum atomic E-state index is -0.817. The van der Waals surface area contributed by atoms with Crippen molar-refractivity contribution in [1.82, 2.24) is 0 Å². The van der Waals surface area contributed by atoms with Gasteiger partial charge in [0.1, 0.15) is 0 Å². The van der Waals surface area contributed by atoms with Gasteiger partial charge in [0.05, 0.1) is 0 Å². The zero-order valence-corrected chi connectivity index (χ0v) is 15.7. The molecule has 1 amide bonds. The van der Waals surface area contributed by atoms with Crippen LogP contribution in [0.25, 0.3) is 0 Å². The predicted octanol–water partition coefficient (Wildman–Crippen LogP) is 3.72. The maximum Gasteiger partial charge on any atom is 0.227 e. The molecule has 2 saturated carbocycles. The summed E-state index contributed by atoms with van der Waals surface area (Å²) in [6.45, 7) is 0. The third kappa shape index (κ3) is 5.38. The fraction of sp³-hybridized carbons (Fsp3) is 0.650. The van der Waals surface area contributed by atoms with Gasteiger partial charge >= 0.3 is 0 Å². The van der Waals surface area contributed by atoms with E-state index in [1.54, 1.807) is 0 Å². The molecule has 3 unspecified atom stereocenters. The molecule has 0 saturated heterocycles. The van der Waals surface area contributed by atoms with Crippen molar-refractivity contribution in [1.29, 1.82) is 0 Å². The number of hydrogen-bond acceptors (Lipinski definition) is 3. The lowest BCUT2D eigenvalue weighted by atomic mass is 9.85. The van der Waals surface area contributed by atoms with E-state index in [2.05, 4.69) is 5.32 Å². The van der Waals surface area contributed by atoms with Crippen LogP contribution in [0.2, 0.25) is 0 Å². The molecular weight excluding hydrogens is 332 g/mol. The maximum absolute atomic E-state index is 12.6. The Balaban J connectivity index is 1.57. The largest absolute Gasteiger partial charge is 0.328 e. The highest BCUT2D eigenvalue weighted by atomic mass is 32.2. The molecule has 2 aliphatic carbocycles. The Hall–Kier alpha value is -1.20. The first-order valence-electron chi connectivity index (χ1n) is 9.64. The summed E-state index contributed by atoms with van der Waals surface area (Å²) in [5.74, 6) is 0.673. The summed E-state index contributed by atoms with van der Waals surface area (Å²) >= 11 is 0. The zero-order chi connectivity index (χ0) is 17.6. The number of anilines is 1. The second kappa shape index (κ2) is 8.95. The van der Waals surface area contributed by atoms with E-state index in [9.17, 15) is 9.00 Å². The molecule has 0 heterocycles. The van der Waals surface area contributed by atoms with Crippen molar-refractivity contribution in [3.8, 4) is 0 Å². The van der Waals surface area contributed by atoms with Crippen molar-refractivity contribution in [3.63, 3.8) is 0 Å². The third-order valence-corrected chi connectivity index (χ3v) is 7.35. The predicted molar refractivity (Wildman–Crippen MR) is 104 cm³/mol. The maximum atomic E-state index is 12.6. The lowest BCUT2D eigenvalue weighted by Gasteiger charge is -2.25. The first-order chi connectivity index (χ1) is 12.1. The van der Waals surface area contributed by atoms with Crippen LogP contribution in [0.5, 0.6) is 0 Å². The van der Waals surface area contributed by atoms with Crippen molar-refractivity contribution in [3.05, 3.63) is 29.8 Å². The van der Waals surface area contributed by atoms with Gasteiger partial charge in [-0.05, 0) is 49.8 Å². The first-order valence-corrected chi connectivity index (χ1v) is 11.0. The Bertz CT molecular complexity index is 613. The van der Waals surface area contributed by atoms with Gasteiger partial charge in [-0.15, -0.1) is 0 Å². The molecule has 1 aromatic rings. The standard InChI is InChI=1S/C20H30N2O2S/c21-17-8-5-7-16(13-17)20(23)22-18-9-4-6-15(12-18)14-25(24)19-10-2-1-3-11-19/h4,6,9,12,16-17,19H,1-3,5,7-8,10-11,13-14,21H2,(H,22,23). The fourth-order valence-electron chi connectivity index (χ4n) is 4.06. The molecule has 2 fully saturated rings. The topological polar surface area (TPSA) is 72.2 Å². The lowest BCUT2D eigenvalue weighted by Crippen LogP contribution is -2.34. The fourth-order valence-corrected chi connectivity index (χ4v) is 5.66. The molecule has 4 nitrogen and oxygen atoms in total. The smallest absolute Gasteiger partial charge is 0.227 e. The van der Waals surface area contributed by atoms with Gasteiger partial charge in [0, 0.05) is 39.4 Å². The van der Waals surface area contributed by atoms with Crippen LogP contribution in [0, 0.1) is 5.92 Å². The molecule has 3 atom stereocenters. The second-order valence-corrected chi connectivity index (χ2v) is 9.32. The summed E-state index contributed by atoms with van der Waals surface area (Å²) in [5.41, 5.74) is 7.84. The molecule has 3 N–H and O–H groups in total. The molecule has 138 valence electrons. The lowest BCUT2D eigenvalue weighted by molar-refractivity contribution is -0.120. The van der Waals surface area contributed by atoms with Gasteiger partial charge in [0.25, 0.3) is 0 Å². The molecule has 3 rings (SSSR count). The number of amides is 1. The van der Waals surface area contributed by atoms with Gasteiger partial charge in [0.15, 0.2) is 0 Å². The van der Waals surface area contributed by atoms with Gasteiger partial charge in [-0.25, -0.2) is 0 Å². The molecular formula is C20H30N2O2S. The van der Waals surface area contributed by atoms with Gasteiger partial charge in [-0.3, -0.25) is 9.00 Å². The highest BCUT2D eigenvalue weighted by molar-refractivity contribution is 7.84. The number of nitrogens with one attached hydrogen (secondary N) is 1. The summed E-state index contributed by atoms with van der Waals surface area (Å²) in [5, 5.41) is 3.38. The Kier molecular flexibility index (Phi) is 6.65. The zero-order valence-electron chi connectivity index (χ0n) is 14.9. The highest BCUT2D eigenvalue weighted by Gasteiger charge is 2.25. The Labute approximate surface area is 153 Å². The van der Waals surface area contributed by atoms with Gasteiger partial charge in [0.2, 0.25) is 5.91 Å². The average molecular weight is 363 g/mol. The summed E-state index contributed by atoms with van der Waals surface area (Å²) in [6, 6.07) is 7.98. The molecule has 0 aromatic heterocycles. The van der Waals surface area contributed by atoms with Crippen molar-refractivity contribution >= 4 is 22.4 Å². The van der Waals surface area contributed by atoms with Gasteiger partial charge < -0.3 is 11.1 Å². The molecule has 0 spiro atoms. The Morgan fingerprint density at radius 3 is 2.68 bits per heavy atom. The summed E-state index contributed by atoms with van der Waals surface area (Å²) in [6.07, 6.45) is 9.61. The van der Waals surface area contributed by atoms with Crippen LogP contribution in [0.1, 0.15) is 63.4 Å². The molecule has 0 bridgehead atoms. The van der Waals surface area contributed by atoms with Crippen LogP contribution < -0.4 is 11.1 Å². The normalized spacial score (nSPS) is 26.1. The van der Waals surface area contributed by atoms with Crippen LogP contribution in [0.4, 0.5) is 5.69 Å². The number of carbonyl (C=O) groups is 1. The van der Waals surface area contributed by atoms with Crippen molar-refractivity contribution in [2.75, 3.05) is 5.32 Å². The van der Waals surface area contributed by atoms with Crippen LogP contribution in [-0.4, -0.2) is 21.4 Å². The SMILES string of the molecule is NC1CCCC(C(=O)Nc2cccc(CS(=O)C3CCCCC3)c2)C1. The summed E-state index contributed by atoms with van der Waals surface area (Å²) in [7, 11) is -0.817. The van der Waals surface area contributed by atoms with E-state index in [0.29, 0.717) is 11.0 Å². The quantitative estimate of drug-likeness (QED) is 0.838. The summed E-state index contributed by atoms with van der Waals surface area (Å²) in [4.78, 5) is 12.5. The van der Waals surface area contributed by atoms with Crippen molar-refractivity contribution < 1.29 is 9.00 Å². The van der Waals surface area contributed by atoms with E-state index in [0.717, 1.165) is 49.8 Å². The molecule has 2 aliphatic rings. The van der Waals surface area contributed by atoms with Crippen LogP contribution >= 0.6 is 0 Å². The number of hydrogen-bond donors (Lipinski definition) is 2. The van der Waals surface area contributed by atoms with Crippen molar-refractivity contribution in [2.45, 2.75) is 74.8 Å². The van der Waals surface area contributed by atoms with Crippen LogP contribution in [0.3, 0.4) is 0 Å². The van der Waals surface area contributed by atoms with E-state index in [1.165, 1.54) is 19.3 Å². The molecule has 0 aliphatic heterocycles. The van der Waals surface area contributed by atoms with E-state index in [-0.39, 0.29) is 17.9 Å². The minimum absolute atomic E-state index is 0.0174. The molecule has 25 heavy (non-hydrogen) atoms. The second-order valence-electron chi connectivity index (χ2n) is 7.60. The van der Waals surface area contributed by atoms with Crippen LogP contribution in [-0.2, 0) is 21.3 Å². The number of rotatable bonds is 5. The van der Waals surface area contributed by atoms with E-state index in [4.69, 9.17) is 5.73 Å².